The second kappa shape index (κ2) is 17.6. The highest BCUT2D eigenvalue weighted by Crippen LogP contribution is 2.59. The summed E-state index contributed by atoms with van der Waals surface area (Å²) in [5, 5.41) is 5.27. The van der Waals surface area contributed by atoms with Crippen LogP contribution in [0.2, 0.25) is 0 Å². The van der Waals surface area contributed by atoms with Crippen LogP contribution in [0.4, 0.5) is 27.2 Å². The average Bonchev–Trinajstić information content (AvgIpc) is 4.16. The molecule has 6 aromatic rings. The van der Waals surface area contributed by atoms with Gasteiger partial charge >= 0.3 is 24.0 Å². The molecule has 2 fully saturated rings. The number of nitrogens with zero attached hydrogens (tertiary/aromatic N) is 4. The summed E-state index contributed by atoms with van der Waals surface area (Å²) in [6.07, 6.45) is 1.27. The third-order valence-corrected chi connectivity index (χ3v) is 13.6. The molecule has 4 aromatic carbocycles. The molecule has 0 saturated carbocycles. The molecule has 4 amide bonds. The quantitative estimate of drug-likeness (QED) is 0.0983. The molecule has 4 heterocycles. The Morgan fingerprint density at radius 1 is 0.603 bits per heavy atom. The van der Waals surface area contributed by atoms with E-state index in [-0.39, 0.29) is 34.8 Å². The van der Waals surface area contributed by atoms with Crippen LogP contribution < -0.4 is 10.6 Å². The fraction of sp³-hybridized carbons (Fsp3) is 0.400. The molecule has 9 rings (SSSR count). The second-order valence-corrected chi connectivity index (χ2v) is 18.5. The molecule has 2 aliphatic heterocycles. The number of aromatic nitrogens is 4. The van der Waals surface area contributed by atoms with Crippen molar-refractivity contribution in [2.24, 2.45) is 11.8 Å². The molecular formula is C50H52F4N8O6. The minimum atomic E-state index is -4.57. The molecule has 14 nitrogen and oxygen atoms in total. The van der Waals surface area contributed by atoms with Gasteiger partial charge in [-0.3, -0.25) is 9.59 Å². The number of benzene rings is 4. The number of aromatic amines is 2. The maximum atomic E-state index is 16.3. The van der Waals surface area contributed by atoms with Gasteiger partial charge in [0.15, 0.2) is 0 Å². The van der Waals surface area contributed by atoms with Gasteiger partial charge in [-0.25, -0.2) is 19.6 Å². The van der Waals surface area contributed by atoms with Crippen molar-refractivity contribution in [2.45, 2.75) is 89.4 Å². The molecule has 2 aromatic heterocycles. The second-order valence-electron chi connectivity index (χ2n) is 18.5. The maximum Gasteiger partial charge on any atom is 0.407 e. The Morgan fingerprint density at radius 2 is 0.971 bits per heavy atom. The first kappa shape index (κ1) is 46.1. The molecule has 0 unspecified atom stereocenters. The monoisotopic (exact) mass is 936 g/mol. The minimum Gasteiger partial charge on any atom is -0.453 e. The van der Waals surface area contributed by atoms with Crippen LogP contribution in [0.5, 0.6) is 0 Å². The van der Waals surface area contributed by atoms with Gasteiger partial charge in [0.1, 0.15) is 23.7 Å². The Kier molecular flexibility index (Phi) is 11.9. The van der Waals surface area contributed by atoms with Crippen LogP contribution in [0, 0.1) is 11.8 Å². The van der Waals surface area contributed by atoms with Crippen molar-refractivity contribution in [1.29, 1.82) is 0 Å². The van der Waals surface area contributed by atoms with Crippen molar-refractivity contribution in [3.8, 4) is 33.4 Å². The number of hydrogen-bond acceptors (Lipinski definition) is 8. The van der Waals surface area contributed by atoms with Gasteiger partial charge in [0.05, 0.1) is 48.4 Å². The highest BCUT2D eigenvalue weighted by Gasteiger charge is 2.63. The summed E-state index contributed by atoms with van der Waals surface area (Å²) < 4.78 is 74.8. The first-order chi connectivity index (χ1) is 32.4. The number of rotatable bonds is 10. The fourth-order valence-electron chi connectivity index (χ4n) is 9.89. The van der Waals surface area contributed by atoms with E-state index in [9.17, 15) is 19.2 Å². The van der Waals surface area contributed by atoms with Crippen LogP contribution in [0.15, 0.2) is 72.8 Å². The summed E-state index contributed by atoms with van der Waals surface area (Å²) in [7, 11) is 2.46. The lowest BCUT2D eigenvalue weighted by molar-refractivity contribution is -0.225. The molecule has 4 N–H and O–H groups in total. The number of alkyl halides is 4. The number of likely N-dealkylation sites (tertiary alicyclic amines) is 2. The number of hydrogen-bond donors (Lipinski definition) is 4. The van der Waals surface area contributed by atoms with E-state index >= 15 is 17.6 Å². The van der Waals surface area contributed by atoms with Gasteiger partial charge in [0.25, 0.3) is 0 Å². The predicted octanol–water partition coefficient (Wildman–Crippen LogP) is 9.73. The van der Waals surface area contributed by atoms with Gasteiger partial charge in [-0.15, -0.1) is 0 Å². The number of imidazole rings is 2. The third-order valence-electron chi connectivity index (χ3n) is 13.6. The van der Waals surface area contributed by atoms with E-state index in [0.29, 0.717) is 94.7 Å². The normalized spacial score (nSPS) is 19.2. The molecule has 2 saturated heterocycles. The summed E-state index contributed by atoms with van der Waals surface area (Å²) in [4.78, 5) is 70.9. The largest absolute Gasteiger partial charge is 0.453 e. The zero-order valence-electron chi connectivity index (χ0n) is 38.4. The number of methoxy groups -OCH3 is 2. The summed E-state index contributed by atoms with van der Waals surface area (Å²) >= 11 is 0. The molecule has 0 spiro atoms. The highest BCUT2D eigenvalue weighted by atomic mass is 19.3. The van der Waals surface area contributed by atoms with E-state index in [1.165, 1.54) is 26.4 Å². The first-order valence-electron chi connectivity index (χ1n) is 22.8. The zero-order chi connectivity index (χ0) is 48.4. The summed E-state index contributed by atoms with van der Waals surface area (Å²) in [6, 6.07) is 16.2. The number of H-pyrrole nitrogens is 2. The summed E-state index contributed by atoms with van der Waals surface area (Å²) in [5.41, 5.74) is 2.29. The van der Waals surface area contributed by atoms with E-state index in [1.807, 2.05) is 27.7 Å². The number of carbonyl (C=O) groups is 4. The van der Waals surface area contributed by atoms with Gasteiger partial charge < -0.3 is 39.9 Å². The molecule has 3 aliphatic rings. The average molecular weight is 937 g/mol. The highest BCUT2D eigenvalue weighted by molar-refractivity contribution is 5.89. The Morgan fingerprint density at radius 3 is 1.34 bits per heavy atom. The maximum absolute atomic E-state index is 16.3. The van der Waals surface area contributed by atoms with Crippen LogP contribution in [0.3, 0.4) is 0 Å². The van der Waals surface area contributed by atoms with Crippen molar-refractivity contribution in [2.75, 3.05) is 27.3 Å². The van der Waals surface area contributed by atoms with E-state index in [1.54, 1.807) is 58.3 Å². The van der Waals surface area contributed by atoms with E-state index in [2.05, 4.69) is 20.6 Å². The van der Waals surface area contributed by atoms with Crippen LogP contribution in [-0.4, -0.2) is 93.1 Å². The van der Waals surface area contributed by atoms with Gasteiger partial charge in [-0.05, 0) is 107 Å². The SMILES string of the molecule is COC(=O)N[C@H](C(=O)N1CCC[C@H]1c1nc2ccc(-c3ccc4c(c3)C(F)(F)C(F)(F)c3cc(-c5ccc6nc([C@@H]7CCCN7C(=O)[C@@H](NC(=O)OC)C(C)C)[nH]c6c5)ccc3-4)cc2[nH]1)C(C)C. The zero-order valence-corrected chi connectivity index (χ0v) is 38.4. The van der Waals surface area contributed by atoms with Gasteiger partial charge in [0, 0.05) is 24.2 Å². The number of nitrogens with one attached hydrogen (secondary N) is 4. The van der Waals surface area contributed by atoms with E-state index in [0.717, 1.165) is 12.1 Å². The number of amides is 4. The van der Waals surface area contributed by atoms with Gasteiger partial charge in [-0.1, -0.05) is 64.1 Å². The van der Waals surface area contributed by atoms with Crippen molar-refractivity contribution in [3.05, 3.63) is 95.6 Å². The van der Waals surface area contributed by atoms with Crippen LogP contribution >= 0.6 is 0 Å². The standard InChI is InChI=1S/C50H52F4N8O6/c1-25(2)41(59-47(65)67-5)45(63)61-19-7-9-39(61)43-55-35-17-13-29(23-37(35)57-43)27-11-15-31-32-16-12-28(22-34(32)50(53,54)49(51,52)33(31)21-27)30-14-18-36-38(24-30)58-44(56-36)40-10-8-20-62(40)46(64)42(26(3)4)60-48(66)68-6/h11-18,21-26,39-42H,7-10,19-20H2,1-6H3,(H,55,57)(H,56,58)(H,59,65)(H,60,66)/t39-,40-,41-,42-/m0/s1. The number of ether oxygens (including phenoxy) is 2. The first-order valence-corrected chi connectivity index (χ1v) is 22.8. The molecule has 0 radical (unpaired) electrons. The lowest BCUT2D eigenvalue weighted by Crippen LogP contribution is -2.51. The topological polar surface area (TPSA) is 175 Å². The van der Waals surface area contributed by atoms with Crippen molar-refractivity contribution in [3.63, 3.8) is 0 Å². The van der Waals surface area contributed by atoms with E-state index in [4.69, 9.17) is 19.4 Å². The van der Waals surface area contributed by atoms with Crippen molar-refractivity contribution < 1.29 is 46.2 Å². The number of alkyl carbamates (subject to hydrolysis) is 2. The predicted molar refractivity (Wildman–Crippen MR) is 246 cm³/mol. The van der Waals surface area contributed by atoms with Gasteiger partial charge in [-0.2, -0.15) is 17.6 Å². The van der Waals surface area contributed by atoms with Crippen LogP contribution in [0.1, 0.15) is 88.2 Å². The third kappa shape index (κ3) is 7.96. The minimum absolute atomic E-state index is 0.00525. The van der Waals surface area contributed by atoms with Crippen molar-refractivity contribution in [1.82, 2.24) is 40.4 Å². The molecule has 1 aliphatic carbocycles. The smallest absolute Gasteiger partial charge is 0.407 e. The Bertz CT molecular complexity index is 2770. The summed E-state index contributed by atoms with van der Waals surface area (Å²) in [6.45, 7) is 8.24. The van der Waals surface area contributed by atoms with Crippen molar-refractivity contribution >= 4 is 46.1 Å². The molecular weight excluding hydrogens is 885 g/mol. The Balaban J connectivity index is 0.978. The van der Waals surface area contributed by atoms with E-state index < -0.39 is 59.3 Å². The number of halogens is 4. The lowest BCUT2D eigenvalue weighted by Gasteiger charge is -2.35. The number of carbonyl (C=O) groups excluding carboxylic acids is 4. The fourth-order valence-corrected chi connectivity index (χ4v) is 9.89. The Labute approximate surface area is 389 Å². The van der Waals surface area contributed by atoms with Gasteiger partial charge in [0.2, 0.25) is 11.8 Å². The summed E-state index contributed by atoms with van der Waals surface area (Å²) in [5.74, 6) is -9.04. The molecule has 18 heteroatoms. The van der Waals surface area contributed by atoms with Crippen LogP contribution in [0.25, 0.3) is 55.4 Å². The molecule has 356 valence electrons. The van der Waals surface area contributed by atoms with Crippen LogP contribution in [-0.2, 0) is 30.9 Å². The lowest BCUT2D eigenvalue weighted by atomic mass is 9.78. The molecule has 68 heavy (non-hydrogen) atoms. The number of fused-ring (bicyclic) bond motifs is 5. The molecule has 4 atom stereocenters. The Hall–Kier alpha value is -6.98. The molecule has 0 bridgehead atoms.